The maximum absolute atomic E-state index is 6.30. The molecule has 1 aromatic carbocycles. The lowest BCUT2D eigenvalue weighted by atomic mass is 9.86. The van der Waals surface area contributed by atoms with Crippen molar-refractivity contribution in [1.82, 2.24) is 4.90 Å². The van der Waals surface area contributed by atoms with Crippen LogP contribution in [-0.4, -0.2) is 36.2 Å². The van der Waals surface area contributed by atoms with Gasteiger partial charge in [0, 0.05) is 31.6 Å². The fourth-order valence-corrected chi connectivity index (χ4v) is 3.47. The van der Waals surface area contributed by atoms with E-state index in [9.17, 15) is 0 Å². The van der Waals surface area contributed by atoms with E-state index in [2.05, 4.69) is 36.9 Å². The Morgan fingerprint density at radius 3 is 2.95 bits per heavy atom. The molecular weight excluding hydrogens is 236 g/mol. The Bertz CT molecular complexity index is 466. The van der Waals surface area contributed by atoms with Crippen LogP contribution in [0.5, 0.6) is 5.75 Å². The van der Waals surface area contributed by atoms with Crippen LogP contribution >= 0.6 is 0 Å². The van der Waals surface area contributed by atoms with Gasteiger partial charge in [0.15, 0.2) is 0 Å². The van der Waals surface area contributed by atoms with Crippen molar-refractivity contribution in [2.75, 3.05) is 19.6 Å². The van der Waals surface area contributed by atoms with Gasteiger partial charge in [-0.1, -0.05) is 31.0 Å². The molecule has 0 saturated carbocycles. The monoisotopic (exact) mass is 260 g/mol. The lowest BCUT2D eigenvalue weighted by Gasteiger charge is -2.48. The molecular formula is C16H24N2O. The number of rotatable bonds is 4. The maximum Gasteiger partial charge on any atom is 0.123 e. The van der Waals surface area contributed by atoms with Gasteiger partial charge in [0.2, 0.25) is 0 Å². The molecule has 1 saturated heterocycles. The average Bonchev–Trinajstić information content (AvgIpc) is 2.68. The highest BCUT2D eigenvalue weighted by Crippen LogP contribution is 2.31. The third-order valence-electron chi connectivity index (χ3n) is 4.24. The van der Waals surface area contributed by atoms with Crippen LogP contribution in [0, 0.1) is 6.92 Å². The summed E-state index contributed by atoms with van der Waals surface area (Å²) in [5.41, 5.74) is 9.04. The number of likely N-dealkylation sites (tertiary alicyclic amines) is 1. The number of aryl methyl sites for hydroxylation is 1. The highest BCUT2D eigenvalue weighted by atomic mass is 16.5. The Labute approximate surface area is 115 Å². The van der Waals surface area contributed by atoms with Gasteiger partial charge in [0.1, 0.15) is 11.9 Å². The van der Waals surface area contributed by atoms with Crippen molar-refractivity contribution in [3.8, 4) is 5.75 Å². The lowest BCUT2D eigenvalue weighted by molar-refractivity contribution is 0.0322. The zero-order valence-corrected chi connectivity index (χ0v) is 12.0. The van der Waals surface area contributed by atoms with Gasteiger partial charge in [-0.15, -0.1) is 0 Å². The van der Waals surface area contributed by atoms with Crippen LogP contribution in [0.25, 0.3) is 0 Å². The van der Waals surface area contributed by atoms with Crippen molar-refractivity contribution < 1.29 is 4.74 Å². The molecule has 3 heteroatoms. The molecule has 3 rings (SSSR count). The third kappa shape index (κ3) is 2.63. The van der Waals surface area contributed by atoms with Gasteiger partial charge < -0.3 is 10.5 Å². The van der Waals surface area contributed by atoms with Gasteiger partial charge in [-0.25, -0.2) is 0 Å². The van der Waals surface area contributed by atoms with Crippen molar-refractivity contribution in [1.29, 1.82) is 0 Å². The van der Waals surface area contributed by atoms with Crippen LogP contribution in [0.1, 0.15) is 30.9 Å². The SMILES string of the molecule is CCCC1(N)CN(CC2Cc3cc(C)ccc3O2)C1. The van der Waals surface area contributed by atoms with Crippen molar-refractivity contribution in [2.45, 2.75) is 44.8 Å². The normalized spacial score (nSPS) is 24.7. The predicted octanol–water partition coefficient (Wildman–Crippen LogP) is 2.11. The number of hydrogen-bond acceptors (Lipinski definition) is 3. The molecule has 104 valence electrons. The highest BCUT2D eigenvalue weighted by molar-refractivity contribution is 5.40. The van der Waals surface area contributed by atoms with E-state index in [1.807, 2.05) is 0 Å². The minimum absolute atomic E-state index is 0.0663. The second-order valence-corrected chi connectivity index (χ2v) is 6.34. The first kappa shape index (κ1) is 12.9. The Balaban J connectivity index is 1.52. The molecule has 2 aliphatic rings. The number of fused-ring (bicyclic) bond motifs is 1. The molecule has 1 fully saturated rings. The van der Waals surface area contributed by atoms with Crippen LogP contribution in [0.15, 0.2) is 18.2 Å². The Kier molecular flexibility index (Phi) is 3.27. The quantitative estimate of drug-likeness (QED) is 0.901. The standard InChI is InChI=1S/C16H24N2O/c1-3-6-16(17)10-18(11-16)9-14-8-13-7-12(2)4-5-15(13)19-14/h4-5,7,14H,3,6,8-11,17H2,1-2H3. The van der Waals surface area contributed by atoms with E-state index in [0.717, 1.165) is 38.2 Å². The summed E-state index contributed by atoms with van der Waals surface area (Å²) in [7, 11) is 0. The summed E-state index contributed by atoms with van der Waals surface area (Å²) in [5, 5.41) is 0. The largest absolute Gasteiger partial charge is 0.488 e. The molecule has 19 heavy (non-hydrogen) atoms. The number of benzene rings is 1. The zero-order chi connectivity index (χ0) is 13.5. The van der Waals surface area contributed by atoms with E-state index in [0.29, 0.717) is 6.10 Å². The summed E-state index contributed by atoms with van der Waals surface area (Å²) in [5.74, 6) is 1.07. The van der Waals surface area contributed by atoms with E-state index >= 15 is 0 Å². The first-order valence-corrected chi connectivity index (χ1v) is 7.35. The summed E-state index contributed by atoms with van der Waals surface area (Å²) >= 11 is 0. The molecule has 0 aromatic heterocycles. The summed E-state index contributed by atoms with van der Waals surface area (Å²) < 4.78 is 6.01. The molecule has 1 aromatic rings. The average molecular weight is 260 g/mol. The van der Waals surface area contributed by atoms with Crippen LogP contribution in [0.2, 0.25) is 0 Å². The Morgan fingerprint density at radius 1 is 1.42 bits per heavy atom. The zero-order valence-electron chi connectivity index (χ0n) is 12.0. The molecule has 0 spiro atoms. The molecule has 0 bridgehead atoms. The highest BCUT2D eigenvalue weighted by Gasteiger charge is 2.40. The Morgan fingerprint density at radius 2 is 2.21 bits per heavy atom. The van der Waals surface area contributed by atoms with Crippen molar-refractivity contribution in [3.05, 3.63) is 29.3 Å². The summed E-state index contributed by atoms with van der Waals surface area (Å²) in [4.78, 5) is 2.43. The molecule has 3 nitrogen and oxygen atoms in total. The second kappa shape index (κ2) is 4.80. The van der Waals surface area contributed by atoms with E-state index in [1.165, 1.54) is 17.5 Å². The number of ether oxygens (including phenoxy) is 1. The van der Waals surface area contributed by atoms with E-state index < -0.39 is 0 Å². The molecule has 2 aliphatic heterocycles. The topological polar surface area (TPSA) is 38.5 Å². The van der Waals surface area contributed by atoms with Crippen molar-refractivity contribution >= 4 is 0 Å². The number of hydrogen-bond donors (Lipinski definition) is 1. The molecule has 2 heterocycles. The van der Waals surface area contributed by atoms with Gasteiger partial charge >= 0.3 is 0 Å². The first-order chi connectivity index (χ1) is 9.08. The van der Waals surface area contributed by atoms with Crippen LogP contribution in [-0.2, 0) is 6.42 Å². The minimum atomic E-state index is 0.0663. The Hall–Kier alpha value is -1.06. The van der Waals surface area contributed by atoms with Crippen LogP contribution < -0.4 is 10.5 Å². The van der Waals surface area contributed by atoms with Gasteiger partial charge in [-0.2, -0.15) is 0 Å². The van der Waals surface area contributed by atoms with Gasteiger partial charge in [-0.05, 0) is 25.0 Å². The smallest absolute Gasteiger partial charge is 0.123 e. The molecule has 0 amide bonds. The van der Waals surface area contributed by atoms with Crippen LogP contribution in [0.3, 0.4) is 0 Å². The van der Waals surface area contributed by atoms with Gasteiger partial charge in [-0.3, -0.25) is 4.90 Å². The number of nitrogens with zero attached hydrogens (tertiary/aromatic N) is 1. The molecule has 2 N–H and O–H groups in total. The lowest BCUT2D eigenvalue weighted by Crippen LogP contribution is -2.68. The van der Waals surface area contributed by atoms with Crippen LogP contribution in [0.4, 0.5) is 0 Å². The number of nitrogens with two attached hydrogens (primary N) is 1. The second-order valence-electron chi connectivity index (χ2n) is 6.34. The molecule has 0 aliphatic carbocycles. The minimum Gasteiger partial charge on any atom is -0.488 e. The van der Waals surface area contributed by atoms with Gasteiger partial charge in [0.05, 0.1) is 0 Å². The third-order valence-corrected chi connectivity index (χ3v) is 4.24. The molecule has 0 radical (unpaired) electrons. The first-order valence-electron chi connectivity index (χ1n) is 7.35. The van der Waals surface area contributed by atoms with Gasteiger partial charge in [0.25, 0.3) is 0 Å². The van der Waals surface area contributed by atoms with E-state index in [-0.39, 0.29) is 5.54 Å². The summed E-state index contributed by atoms with van der Waals surface area (Å²) in [6.45, 7) is 7.40. The van der Waals surface area contributed by atoms with E-state index in [4.69, 9.17) is 10.5 Å². The maximum atomic E-state index is 6.30. The molecule has 1 unspecified atom stereocenters. The molecule has 1 atom stereocenters. The fourth-order valence-electron chi connectivity index (χ4n) is 3.47. The summed E-state index contributed by atoms with van der Waals surface area (Å²) in [6.07, 6.45) is 3.66. The fraction of sp³-hybridized carbons (Fsp3) is 0.625. The van der Waals surface area contributed by atoms with Crippen molar-refractivity contribution in [2.24, 2.45) is 5.73 Å². The summed E-state index contributed by atoms with van der Waals surface area (Å²) in [6, 6.07) is 6.47. The van der Waals surface area contributed by atoms with Crippen molar-refractivity contribution in [3.63, 3.8) is 0 Å². The van der Waals surface area contributed by atoms with E-state index in [1.54, 1.807) is 0 Å². The predicted molar refractivity (Wildman–Crippen MR) is 77.6 cm³/mol.